The summed E-state index contributed by atoms with van der Waals surface area (Å²) in [5, 5.41) is 14.6. The molecule has 0 atom stereocenters. The van der Waals surface area contributed by atoms with E-state index in [0.717, 1.165) is 6.20 Å². The van der Waals surface area contributed by atoms with Gasteiger partial charge in [-0.05, 0) is 42.5 Å². The molecule has 0 unspecified atom stereocenters. The Labute approximate surface area is 187 Å². The van der Waals surface area contributed by atoms with E-state index in [1.54, 1.807) is 37.3 Å². The lowest BCUT2D eigenvalue weighted by molar-refractivity contribution is 0.286. The molecule has 4 rings (SSSR count). The Kier molecular flexibility index (Phi) is 6.15. The van der Waals surface area contributed by atoms with E-state index in [1.165, 1.54) is 18.2 Å². The van der Waals surface area contributed by atoms with Crippen molar-refractivity contribution in [3.63, 3.8) is 0 Å². The number of anilines is 4. The van der Waals surface area contributed by atoms with Gasteiger partial charge in [-0.3, -0.25) is 0 Å². The van der Waals surface area contributed by atoms with Crippen LogP contribution in [0.25, 0.3) is 0 Å². The van der Waals surface area contributed by atoms with Gasteiger partial charge in [0, 0.05) is 18.3 Å². The van der Waals surface area contributed by atoms with Gasteiger partial charge in [0.1, 0.15) is 5.75 Å². The number of hydrogen-bond donors (Lipinski definition) is 3. The average Bonchev–Trinajstić information content (AvgIpc) is 3.20. The molecule has 0 saturated heterocycles. The highest BCUT2D eigenvalue weighted by Gasteiger charge is 2.11. The molecule has 0 aliphatic carbocycles. The number of nitrogens with one attached hydrogen (secondary N) is 2. The van der Waals surface area contributed by atoms with Crippen LogP contribution in [0.3, 0.4) is 0 Å². The number of sulfonamides is 1. The molecule has 0 fully saturated rings. The standard InChI is InChI=1S/C20H18FN7O4S/c1-12-24-18(28-32-12)11-31-15-7-5-13(6-8-15)25-19-17(21)10-23-20(27-19)26-14-3-2-4-16(9-14)33(22,29)30/h2-10H,11H2,1H3,(H2,22,29,30)(H2,23,25,26,27). The smallest absolute Gasteiger partial charge is 0.238 e. The van der Waals surface area contributed by atoms with Crippen LogP contribution in [-0.4, -0.2) is 28.5 Å². The third-order valence-corrected chi connectivity index (χ3v) is 5.13. The Balaban J connectivity index is 1.44. The van der Waals surface area contributed by atoms with E-state index in [0.29, 0.717) is 28.8 Å². The lowest BCUT2D eigenvalue weighted by Gasteiger charge is -2.11. The summed E-state index contributed by atoms with van der Waals surface area (Å²) < 4.78 is 47.7. The summed E-state index contributed by atoms with van der Waals surface area (Å²) in [6.07, 6.45) is 0.992. The number of aryl methyl sites for hydroxylation is 1. The van der Waals surface area contributed by atoms with E-state index in [2.05, 4.69) is 30.7 Å². The molecule has 0 spiro atoms. The topological polar surface area (TPSA) is 158 Å². The summed E-state index contributed by atoms with van der Waals surface area (Å²) in [7, 11) is -3.87. The summed E-state index contributed by atoms with van der Waals surface area (Å²) >= 11 is 0. The summed E-state index contributed by atoms with van der Waals surface area (Å²) in [5.41, 5.74) is 0.926. The van der Waals surface area contributed by atoms with Crippen LogP contribution in [0.5, 0.6) is 5.75 Å². The van der Waals surface area contributed by atoms with E-state index in [9.17, 15) is 12.8 Å². The number of rotatable bonds is 8. The highest BCUT2D eigenvalue weighted by Crippen LogP contribution is 2.23. The maximum absolute atomic E-state index is 14.2. The van der Waals surface area contributed by atoms with Crippen molar-refractivity contribution in [3.05, 3.63) is 72.3 Å². The normalized spacial score (nSPS) is 11.2. The Morgan fingerprint density at radius 3 is 2.58 bits per heavy atom. The second-order valence-electron chi connectivity index (χ2n) is 6.76. The van der Waals surface area contributed by atoms with Gasteiger partial charge in [-0.15, -0.1) is 0 Å². The van der Waals surface area contributed by atoms with E-state index >= 15 is 0 Å². The average molecular weight is 471 g/mol. The lowest BCUT2D eigenvalue weighted by atomic mass is 10.3. The fourth-order valence-corrected chi connectivity index (χ4v) is 3.27. The SMILES string of the molecule is Cc1nc(COc2ccc(Nc3nc(Nc4cccc(S(N)(=O)=O)c4)ncc3F)cc2)no1. The molecule has 0 radical (unpaired) electrons. The van der Waals surface area contributed by atoms with Gasteiger partial charge in [0.15, 0.2) is 18.2 Å². The quantitative estimate of drug-likeness (QED) is 0.349. The zero-order chi connectivity index (χ0) is 23.4. The van der Waals surface area contributed by atoms with Gasteiger partial charge >= 0.3 is 0 Å². The van der Waals surface area contributed by atoms with Crippen molar-refractivity contribution in [3.8, 4) is 5.75 Å². The second-order valence-corrected chi connectivity index (χ2v) is 8.32. The molecule has 2 aromatic carbocycles. The van der Waals surface area contributed by atoms with Gasteiger partial charge in [0.25, 0.3) is 0 Å². The van der Waals surface area contributed by atoms with Crippen molar-refractivity contribution in [2.45, 2.75) is 18.4 Å². The molecule has 33 heavy (non-hydrogen) atoms. The van der Waals surface area contributed by atoms with Crippen molar-refractivity contribution < 1.29 is 22.1 Å². The maximum Gasteiger partial charge on any atom is 0.238 e. The number of nitrogens with two attached hydrogens (primary N) is 1. The highest BCUT2D eigenvalue weighted by molar-refractivity contribution is 7.89. The molecule has 4 aromatic rings. The Hall–Kier alpha value is -4.10. The molecular weight excluding hydrogens is 453 g/mol. The number of primary sulfonamides is 1. The van der Waals surface area contributed by atoms with E-state index < -0.39 is 15.8 Å². The van der Waals surface area contributed by atoms with Crippen molar-refractivity contribution in [2.75, 3.05) is 10.6 Å². The molecule has 0 saturated carbocycles. The van der Waals surface area contributed by atoms with E-state index in [-0.39, 0.29) is 23.3 Å². The molecule has 11 nitrogen and oxygen atoms in total. The van der Waals surface area contributed by atoms with Crippen LogP contribution in [-0.2, 0) is 16.6 Å². The van der Waals surface area contributed by atoms with Crippen LogP contribution in [0.2, 0.25) is 0 Å². The second kappa shape index (κ2) is 9.18. The predicted molar refractivity (Wildman–Crippen MR) is 116 cm³/mol. The Bertz CT molecular complexity index is 1380. The summed E-state index contributed by atoms with van der Waals surface area (Å²) in [6, 6.07) is 12.5. The van der Waals surface area contributed by atoms with E-state index in [1.807, 2.05) is 0 Å². The Morgan fingerprint density at radius 2 is 1.88 bits per heavy atom. The third kappa shape index (κ3) is 5.78. The van der Waals surface area contributed by atoms with Crippen LogP contribution in [0, 0.1) is 12.7 Å². The summed E-state index contributed by atoms with van der Waals surface area (Å²) in [6.45, 7) is 1.83. The zero-order valence-corrected chi connectivity index (χ0v) is 18.0. The molecule has 2 aromatic heterocycles. The van der Waals surface area contributed by atoms with Crippen molar-refractivity contribution in [1.29, 1.82) is 0 Å². The van der Waals surface area contributed by atoms with Crippen molar-refractivity contribution >= 4 is 33.2 Å². The van der Waals surface area contributed by atoms with Gasteiger partial charge in [-0.2, -0.15) is 9.97 Å². The monoisotopic (exact) mass is 471 g/mol. The van der Waals surface area contributed by atoms with Crippen LogP contribution in [0.4, 0.5) is 27.5 Å². The number of hydrogen-bond acceptors (Lipinski definition) is 10. The van der Waals surface area contributed by atoms with E-state index in [4.69, 9.17) is 14.4 Å². The minimum atomic E-state index is -3.87. The molecule has 13 heteroatoms. The van der Waals surface area contributed by atoms with Crippen LogP contribution < -0.4 is 20.5 Å². The number of nitrogens with zero attached hydrogens (tertiary/aromatic N) is 4. The minimum Gasteiger partial charge on any atom is -0.485 e. The largest absolute Gasteiger partial charge is 0.485 e. The molecular formula is C20H18FN7O4S. The molecule has 2 heterocycles. The molecule has 170 valence electrons. The lowest BCUT2D eigenvalue weighted by Crippen LogP contribution is -2.12. The number of ether oxygens (including phenoxy) is 1. The molecule has 0 bridgehead atoms. The van der Waals surface area contributed by atoms with Gasteiger partial charge in [-0.25, -0.2) is 22.9 Å². The summed E-state index contributed by atoms with van der Waals surface area (Å²) in [5.74, 6) is 0.736. The maximum atomic E-state index is 14.2. The first-order chi connectivity index (χ1) is 15.8. The van der Waals surface area contributed by atoms with Gasteiger partial charge in [0.05, 0.1) is 11.1 Å². The first kappa shape index (κ1) is 22.1. The van der Waals surface area contributed by atoms with Crippen LogP contribution >= 0.6 is 0 Å². The van der Waals surface area contributed by atoms with Gasteiger partial charge < -0.3 is 19.9 Å². The highest BCUT2D eigenvalue weighted by atomic mass is 32.2. The molecule has 0 aliphatic rings. The minimum absolute atomic E-state index is 0.0563. The third-order valence-electron chi connectivity index (χ3n) is 4.22. The molecule has 0 amide bonds. The fourth-order valence-electron chi connectivity index (χ4n) is 2.71. The number of halogens is 1. The summed E-state index contributed by atoms with van der Waals surface area (Å²) in [4.78, 5) is 12.0. The van der Waals surface area contributed by atoms with Gasteiger partial charge in [-0.1, -0.05) is 11.2 Å². The molecule has 4 N–H and O–H groups in total. The van der Waals surface area contributed by atoms with Crippen molar-refractivity contribution in [1.82, 2.24) is 20.1 Å². The van der Waals surface area contributed by atoms with Crippen LogP contribution in [0.15, 0.2) is 64.1 Å². The predicted octanol–water partition coefficient (Wildman–Crippen LogP) is 3.02. The first-order valence-corrected chi connectivity index (χ1v) is 11.0. The Morgan fingerprint density at radius 1 is 1.09 bits per heavy atom. The van der Waals surface area contributed by atoms with Crippen LogP contribution in [0.1, 0.15) is 11.7 Å². The number of aromatic nitrogens is 4. The van der Waals surface area contributed by atoms with Crippen molar-refractivity contribution in [2.24, 2.45) is 5.14 Å². The van der Waals surface area contributed by atoms with Gasteiger partial charge in [0.2, 0.25) is 27.7 Å². The fraction of sp³-hybridized carbons (Fsp3) is 0.100. The number of benzene rings is 2. The zero-order valence-electron chi connectivity index (χ0n) is 17.2. The molecule has 0 aliphatic heterocycles. The first-order valence-electron chi connectivity index (χ1n) is 9.48.